The Morgan fingerprint density at radius 3 is 2.22 bits per heavy atom. The zero-order valence-electron chi connectivity index (χ0n) is 11.3. The molecular formula is C14H20N2O2. The average Bonchev–Trinajstić information content (AvgIpc) is 2.28. The number of amides is 2. The van der Waals surface area contributed by atoms with Crippen LogP contribution in [0.15, 0.2) is 24.3 Å². The van der Waals surface area contributed by atoms with Crippen LogP contribution in [0.2, 0.25) is 0 Å². The molecule has 0 spiro atoms. The SMILES string of the molecule is CCC(C)(C)C(=O)Nc1cccc(NC(C)=O)c1. The quantitative estimate of drug-likeness (QED) is 0.860. The van der Waals surface area contributed by atoms with Crippen LogP contribution in [0, 0.1) is 5.41 Å². The first kappa shape index (κ1) is 14.2. The molecule has 1 rings (SSSR count). The number of carbonyl (C=O) groups excluding carboxylic acids is 2. The molecule has 0 saturated heterocycles. The summed E-state index contributed by atoms with van der Waals surface area (Å²) in [5.74, 6) is -0.155. The zero-order chi connectivity index (χ0) is 13.8. The maximum Gasteiger partial charge on any atom is 0.230 e. The fourth-order valence-electron chi connectivity index (χ4n) is 1.34. The zero-order valence-corrected chi connectivity index (χ0v) is 11.3. The van der Waals surface area contributed by atoms with E-state index >= 15 is 0 Å². The van der Waals surface area contributed by atoms with Gasteiger partial charge in [-0.25, -0.2) is 0 Å². The summed E-state index contributed by atoms with van der Waals surface area (Å²) in [4.78, 5) is 23.0. The first-order valence-electron chi connectivity index (χ1n) is 6.04. The van der Waals surface area contributed by atoms with Crippen molar-refractivity contribution in [2.24, 2.45) is 5.41 Å². The number of hydrogen-bond acceptors (Lipinski definition) is 2. The van der Waals surface area contributed by atoms with Crippen LogP contribution in [-0.2, 0) is 9.59 Å². The van der Waals surface area contributed by atoms with Crippen LogP contribution in [0.1, 0.15) is 34.1 Å². The van der Waals surface area contributed by atoms with E-state index in [1.165, 1.54) is 6.92 Å². The summed E-state index contributed by atoms with van der Waals surface area (Å²) in [7, 11) is 0. The molecule has 1 aromatic carbocycles. The van der Waals surface area contributed by atoms with Crippen LogP contribution in [0.4, 0.5) is 11.4 Å². The summed E-state index contributed by atoms with van der Waals surface area (Å²) in [6.45, 7) is 7.23. The Balaban J connectivity index is 2.79. The molecule has 0 aliphatic heterocycles. The molecule has 0 atom stereocenters. The van der Waals surface area contributed by atoms with Gasteiger partial charge in [-0.15, -0.1) is 0 Å². The lowest BCUT2D eigenvalue weighted by Crippen LogP contribution is -2.30. The Hall–Kier alpha value is -1.84. The van der Waals surface area contributed by atoms with Gasteiger partial charge in [0.25, 0.3) is 0 Å². The fraction of sp³-hybridized carbons (Fsp3) is 0.429. The standard InChI is InChI=1S/C14H20N2O2/c1-5-14(3,4)13(18)16-12-8-6-7-11(9-12)15-10(2)17/h6-9H,5H2,1-4H3,(H,15,17)(H,16,18). The third-order valence-electron chi connectivity index (χ3n) is 2.94. The Morgan fingerprint density at radius 2 is 1.72 bits per heavy atom. The molecule has 0 aromatic heterocycles. The van der Waals surface area contributed by atoms with Gasteiger partial charge in [0.05, 0.1) is 0 Å². The molecule has 0 radical (unpaired) electrons. The number of benzene rings is 1. The number of anilines is 2. The summed E-state index contributed by atoms with van der Waals surface area (Å²) in [5.41, 5.74) is 0.965. The molecule has 18 heavy (non-hydrogen) atoms. The lowest BCUT2D eigenvalue weighted by Gasteiger charge is -2.21. The normalized spacial score (nSPS) is 10.9. The van der Waals surface area contributed by atoms with E-state index in [2.05, 4.69) is 10.6 Å². The van der Waals surface area contributed by atoms with Gasteiger partial charge in [-0.1, -0.05) is 26.8 Å². The highest BCUT2D eigenvalue weighted by Gasteiger charge is 2.25. The highest BCUT2D eigenvalue weighted by molar-refractivity contribution is 5.96. The van der Waals surface area contributed by atoms with Gasteiger partial charge in [-0.05, 0) is 24.6 Å². The van der Waals surface area contributed by atoms with Crippen molar-refractivity contribution < 1.29 is 9.59 Å². The second-order valence-electron chi connectivity index (χ2n) is 4.95. The predicted octanol–water partition coefficient (Wildman–Crippen LogP) is 3.02. The van der Waals surface area contributed by atoms with Gasteiger partial charge >= 0.3 is 0 Å². The highest BCUT2D eigenvalue weighted by Crippen LogP contribution is 2.23. The third kappa shape index (κ3) is 3.87. The second-order valence-corrected chi connectivity index (χ2v) is 4.95. The van der Waals surface area contributed by atoms with Crippen molar-refractivity contribution in [3.8, 4) is 0 Å². The predicted molar refractivity (Wildman–Crippen MR) is 73.4 cm³/mol. The maximum atomic E-state index is 12.0. The molecule has 0 aliphatic rings. The molecule has 2 amide bonds. The molecule has 98 valence electrons. The topological polar surface area (TPSA) is 58.2 Å². The van der Waals surface area contributed by atoms with Gasteiger partial charge in [0.2, 0.25) is 11.8 Å². The molecule has 0 fully saturated rings. The van der Waals surface area contributed by atoms with Crippen LogP contribution in [-0.4, -0.2) is 11.8 Å². The molecular weight excluding hydrogens is 228 g/mol. The number of carbonyl (C=O) groups is 2. The van der Waals surface area contributed by atoms with Crippen LogP contribution < -0.4 is 10.6 Å². The van der Waals surface area contributed by atoms with Gasteiger partial charge in [-0.3, -0.25) is 9.59 Å². The Bertz CT molecular complexity index is 453. The molecule has 0 heterocycles. The number of rotatable bonds is 4. The molecule has 0 saturated carbocycles. The van der Waals surface area contributed by atoms with Crippen molar-refractivity contribution in [1.29, 1.82) is 0 Å². The van der Waals surface area contributed by atoms with E-state index in [4.69, 9.17) is 0 Å². The van der Waals surface area contributed by atoms with Crippen LogP contribution in [0.25, 0.3) is 0 Å². The van der Waals surface area contributed by atoms with E-state index in [1.807, 2.05) is 20.8 Å². The maximum absolute atomic E-state index is 12.0. The van der Waals surface area contributed by atoms with E-state index in [0.717, 1.165) is 6.42 Å². The van der Waals surface area contributed by atoms with Gasteiger partial charge in [0, 0.05) is 23.7 Å². The minimum absolute atomic E-state index is 0.0232. The Labute approximate surface area is 108 Å². The van der Waals surface area contributed by atoms with Crippen molar-refractivity contribution in [2.75, 3.05) is 10.6 Å². The van der Waals surface area contributed by atoms with Gasteiger partial charge in [0.1, 0.15) is 0 Å². The smallest absolute Gasteiger partial charge is 0.230 e. The summed E-state index contributed by atoms with van der Waals surface area (Å²) >= 11 is 0. The molecule has 2 N–H and O–H groups in total. The number of hydrogen-bond donors (Lipinski definition) is 2. The van der Waals surface area contributed by atoms with E-state index in [0.29, 0.717) is 11.4 Å². The van der Waals surface area contributed by atoms with Crippen molar-refractivity contribution in [1.82, 2.24) is 0 Å². The summed E-state index contributed by atoms with van der Waals surface area (Å²) < 4.78 is 0. The fourth-order valence-corrected chi connectivity index (χ4v) is 1.34. The molecule has 0 unspecified atom stereocenters. The molecule has 0 aliphatic carbocycles. The van der Waals surface area contributed by atoms with E-state index < -0.39 is 5.41 Å². The average molecular weight is 248 g/mol. The highest BCUT2D eigenvalue weighted by atomic mass is 16.2. The van der Waals surface area contributed by atoms with Crippen molar-refractivity contribution in [3.05, 3.63) is 24.3 Å². The molecule has 4 nitrogen and oxygen atoms in total. The summed E-state index contributed by atoms with van der Waals surface area (Å²) in [6, 6.07) is 7.11. The van der Waals surface area contributed by atoms with E-state index in [-0.39, 0.29) is 11.8 Å². The number of nitrogens with one attached hydrogen (secondary N) is 2. The molecule has 4 heteroatoms. The lowest BCUT2D eigenvalue weighted by molar-refractivity contribution is -0.124. The molecule has 0 bridgehead atoms. The van der Waals surface area contributed by atoms with E-state index in [1.54, 1.807) is 24.3 Å². The van der Waals surface area contributed by atoms with Crippen molar-refractivity contribution in [3.63, 3.8) is 0 Å². The first-order chi connectivity index (χ1) is 8.35. The van der Waals surface area contributed by atoms with Gasteiger partial charge in [-0.2, -0.15) is 0 Å². The minimum atomic E-state index is -0.399. The molecule has 1 aromatic rings. The van der Waals surface area contributed by atoms with Gasteiger partial charge in [0.15, 0.2) is 0 Å². The third-order valence-corrected chi connectivity index (χ3v) is 2.94. The van der Waals surface area contributed by atoms with Crippen LogP contribution in [0.3, 0.4) is 0 Å². The van der Waals surface area contributed by atoms with Crippen molar-refractivity contribution >= 4 is 23.2 Å². The first-order valence-corrected chi connectivity index (χ1v) is 6.04. The monoisotopic (exact) mass is 248 g/mol. The van der Waals surface area contributed by atoms with Crippen LogP contribution >= 0.6 is 0 Å². The summed E-state index contributed by atoms with van der Waals surface area (Å²) in [6.07, 6.45) is 0.768. The summed E-state index contributed by atoms with van der Waals surface area (Å²) in [5, 5.41) is 5.54. The Morgan fingerprint density at radius 1 is 1.17 bits per heavy atom. The van der Waals surface area contributed by atoms with Gasteiger partial charge < -0.3 is 10.6 Å². The lowest BCUT2D eigenvalue weighted by atomic mass is 9.89. The van der Waals surface area contributed by atoms with E-state index in [9.17, 15) is 9.59 Å². The minimum Gasteiger partial charge on any atom is -0.326 e. The largest absolute Gasteiger partial charge is 0.326 e. The Kier molecular flexibility index (Phi) is 4.48. The second kappa shape index (κ2) is 5.67. The van der Waals surface area contributed by atoms with Crippen molar-refractivity contribution in [2.45, 2.75) is 34.1 Å². The van der Waals surface area contributed by atoms with Crippen LogP contribution in [0.5, 0.6) is 0 Å².